The van der Waals surface area contributed by atoms with Gasteiger partial charge in [-0.3, -0.25) is 14.8 Å². The van der Waals surface area contributed by atoms with E-state index in [9.17, 15) is 13.6 Å². The Morgan fingerprint density at radius 3 is 2.82 bits per heavy atom. The minimum Gasteiger partial charge on any atom is -0.308 e. The number of aromatic nitrogens is 3. The van der Waals surface area contributed by atoms with E-state index in [0.29, 0.717) is 24.5 Å². The maximum Gasteiger partial charge on any atom is 0.238 e. The van der Waals surface area contributed by atoms with Crippen LogP contribution in [0.15, 0.2) is 47.6 Å². The standard InChI is InChI=1S/C20H21F2N5O/c1-3-15(22)17(24-4-2)20(12-19(20)6-7-19)18(28)25-16-5-8-27(26-16)14-9-13(21)10-23-11-14/h3,5,8-11H,4,6-7,12H2,1-2H3,(H,25,26,28)/b15-3+,24-17?/t20-/m1/s1. The van der Waals surface area contributed by atoms with Crippen LogP contribution in [0.2, 0.25) is 0 Å². The predicted molar refractivity (Wildman–Crippen MR) is 102 cm³/mol. The van der Waals surface area contributed by atoms with Crippen molar-refractivity contribution in [3.63, 3.8) is 0 Å². The van der Waals surface area contributed by atoms with Gasteiger partial charge >= 0.3 is 0 Å². The third kappa shape index (κ3) is 2.83. The summed E-state index contributed by atoms with van der Waals surface area (Å²) in [5, 5.41) is 7.07. The normalized spacial score (nSPS) is 23.0. The zero-order valence-electron chi connectivity index (χ0n) is 15.7. The zero-order chi connectivity index (χ0) is 19.9. The fourth-order valence-corrected chi connectivity index (χ4v) is 3.97. The van der Waals surface area contributed by atoms with Crippen molar-refractivity contribution < 1.29 is 13.6 Å². The van der Waals surface area contributed by atoms with Crippen molar-refractivity contribution in [1.29, 1.82) is 0 Å². The number of hydrogen-bond donors (Lipinski definition) is 1. The van der Waals surface area contributed by atoms with E-state index in [0.717, 1.165) is 19.0 Å². The van der Waals surface area contributed by atoms with Crippen LogP contribution in [0, 0.1) is 16.6 Å². The second kappa shape index (κ2) is 6.61. The van der Waals surface area contributed by atoms with Gasteiger partial charge in [-0.2, -0.15) is 5.10 Å². The molecule has 28 heavy (non-hydrogen) atoms. The molecule has 0 saturated heterocycles. The van der Waals surface area contributed by atoms with E-state index in [4.69, 9.17) is 0 Å². The summed E-state index contributed by atoms with van der Waals surface area (Å²) < 4.78 is 29.3. The summed E-state index contributed by atoms with van der Waals surface area (Å²) in [6, 6.07) is 2.90. The van der Waals surface area contributed by atoms with Gasteiger partial charge in [-0.05, 0) is 44.6 Å². The maximum atomic E-state index is 14.5. The summed E-state index contributed by atoms with van der Waals surface area (Å²) in [5.41, 5.74) is -0.445. The third-order valence-electron chi connectivity index (χ3n) is 5.61. The van der Waals surface area contributed by atoms with Gasteiger partial charge in [0.1, 0.15) is 17.1 Å². The molecule has 1 atom stereocenters. The van der Waals surface area contributed by atoms with E-state index < -0.39 is 17.1 Å². The number of halogens is 2. The third-order valence-corrected chi connectivity index (χ3v) is 5.61. The van der Waals surface area contributed by atoms with Crippen molar-refractivity contribution in [2.24, 2.45) is 15.8 Å². The van der Waals surface area contributed by atoms with Crippen LogP contribution in [0.5, 0.6) is 0 Å². The Balaban J connectivity index is 1.60. The van der Waals surface area contributed by atoms with Gasteiger partial charge in [-0.25, -0.2) is 13.5 Å². The van der Waals surface area contributed by atoms with Crippen LogP contribution in [-0.4, -0.2) is 32.9 Å². The van der Waals surface area contributed by atoms with Gasteiger partial charge in [0, 0.05) is 24.9 Å². The molecule has 2 saturated carbocycles. The van der Waals surface area contributed by atoms with Gasteiger partial charge in [0.25, 0.3) is 0 Å². The predicted octanol–water partition coefficient (Wildman–Crippen LogP) is 3.85. The van der Waals surface area contributed by atoms with Crippen LogP contribution >= 0.6 is 0 Å². The smallest absolute Gasteiger partial charge is 0.238 e. The van der Waals surface area contributed by atoms with Crippen molar-refractivity contribution in [3.8, 4) is 5.69 Å². The summed E-state index contributed by atoms with van der Waals surface area (Å²) in [6.07, 6.45) is 7.91. The molecule has 1 spiro atoms. The van der Waals surface area contributed by atoms with Crippen LogP contribution in [0.3, 0.4) is 0 Å². The van der Waals surface area contributed by atoms with E-state index >= 15 is 0 Å². The highest BCUT2D eigenvalue weighted by Gasteiger charge is 2.80. The Morgan fingerprint density at radius 1 is 1.43 bits per heavy atom. The van der Waals surface area contributed by atoms with Crippen LogP contribution in [0.1, 0.15) is 33.1 Å². The van der Waals surface area contributed by atoms with Crippen molar-refractivity contribution >= 4 is 17.4 Å². The topological polar surface area (TPSA) is 72.2 Å². The molecule has 0 bridgehead atoms. The first-order valence-corrected chi connectivity index (χ1v) is 9.31. The average Bonchev–Trinajstić information content (AvgIpc) is 3.55. The summed E-state index contributed by atoms with van der Waals surface area (Å²) >= 11 is 0. The first kappa shape index (κ1) is 18.5. The second-order valence-electron chi connectivity index (χ2n) is 7.28. The highest BCUT2D eigenvalue weighted by atomic mass is 19.1. The Morgan fingerprint density at radius 2 is 2.21 bits per heavy atom. The van der Waals surface area contributed by atoms with Crippen LogP contribution in [0.25, 0.3) is 5.69 Å². The lowest BCUT2D eigenvalue weighted by Crippen LogP contribution is -2.35. The second-order valence-corrected chi connectivity index (χ2v) is 7.28. The Kier molecular flexibility index (Phi) is 4.36. The maximum absolute atomic E-state index is 14.5. The summed E-state index contributed by atoms with van der Waals surface area (Å²) in [7, 11) is 0. The number of nitrogens with one attached hydrogen (secondary N) is 1. The molecule has 2 aromatic heterocycles. The Hall–Kier alpha value is -2.90. The highest BCUT2D eigenvalue weighted by Crippen LogP contribution is 2.79. The molecule has 0 unspecified atom stereocenters. The number of nitrogens with zero attached hydrogens (tertiary/aromatic N) is 4. The Bertz CT molecular complexity index is 992. The molecule has 2 aliphatic carbocycles. The van der Waals surface area contributed by atoms with Gasteiger partial charge in [0.2, 0.25) is 5.91 Å². The number of hydrogen-bond acceptors (Lipinski definition) is 4. The molecule has 1 amide bonds. The highest BCUT2D eigenvalue weighted by molar-refractivity contribution is 6.22. The lowest BCUT2D eigenvalue weighted by molar-refractivity contribution is -0.119. The average molecular weight is 385 g/mol. The van der Waals surface area contributed by atoms with Gasteiger partial charge in [0.05, 0.1) is 23.8 Å². The molecule has 8 heteroatoms. The number of rotatable bonds is 6. The van der Waals surface area contributed by atoms with E-state index in [2.05, 4.69) is 20.4 Å². The quantitative estimate of drug-likeness (QED) is 0.768. The number of aliphatic imine (C=N–C) groups is 1. The molecular formula is C20H21F2N5O. The summed E-state index contributed by atoms with van der Waals surface area (Å²) in [6.45, 7) is 3.83. The Labute approximate surface area is 161 Å². The summed E-state index contributed by atoms with van der Waals surface area (Å²) in [5.74, 6) is -0.907. The number of allylic oxidation sites excluding steroid dienone is 2. The van der Waals surface area contributed by atoms with Crippen LogP contribution in [0.4, 0.5) is 14.6 Å². The first-order chi connectivity index (χ1) is 13.5. The molecule has 1 N–H and O–H groups in total. The minimum atomic E-state index is -0.941. The van der Waals surface area contributed by atoms with E-state index in [1.165, 1.54) is 23.0 Å². The molecule has 2 aromatic rings. The largest absolute Gasteiger partial charge is 0.308 e. The van der Waals surface area contributed by atoms with Gasteiger partial charge in [-0.15, -0.1) is 0 Å². The van der Waals surface area contributed by atoms with Crippen molar-refractivity contribution in [1.82, 2.24) is 14.8 Å². The molecule has 6 nitrogen and oxygen atoms in total. The lowest BCUT2D eigenvalue weighted by Gasteiger charge is -2.18. The molecule has 2 aliphatic rings. The van der Waals surface area contributed by atoms with Crippen molar-refractivity contribution in [3.05, 3.63) is 48.4 Å². The molecule has 4 rings (SSSR count). The molecule has 0 aromatic carbocycles. The monoisotopic (exact) mass is 385 g/mol. The fraction of sp³-hybridized carbons (Fsp3) is 0.400. The molecule has 2 fully saturated rings. The van der Waals surface area contributed by atoms with E-state index in [1.807, 2.05) is 6.92 Å². The number of carbonyl (C=O) groups is 1. The van der Waals surface area contributed by atoms with E-state index in [1.54, 1.807) is 19.2 Å². The molecule has 2 heterocycles. The molecular weight excluding hydrogens is 364 g/mol. The SMILES string of the molecule is C/C=C(/F)C(=NCC)[C@@]1(C(=O)Nc2ccn(-c3cncc(F)c3)n2)CC12CC2. The van der Waals surface area contributed by atoms with Gasteiger partial charge < -0.3 is 5.32 Å². The first-order valence-electron chi connectivity index (χ1n) is 9.31. The zero-order valence-corrected chi connectivity index (χ0v) is 15.7. The minimum absolute atomic E-state index is 0.180. The number of anilines is 1. The number of carbonyl (C=O) groups excluding carboxylic acids is 1. The van der Waals surface area contributed by atoms with Crippen molar-refractivity contribution in [2.75, 3.05) is 11.9 Å². The summed E-state index contributed by atoms with van der Waals surface area (Å²) in [4.78, 5) is 21.3. The lowest BCUT2D eigenvalue weighted by atomic mass is 9.92. The van der Waals surface area contributed by atoms with Gasteiger partial charge in [0.15, 0.2) is 5.82 Å². The van der Waals surface area contributed by atoms with Crippen LogP contribution in [-0.2, 0) is 4.79 Å². The molecule has 0 radical (unpaired) electrons. The van der Waals surface area contributed by atoms with Crippen molar-refractivity contribution in [2.45, 2.75) is 33.1 Å². The fourth-order valence-electron chi connectivity index (χ4n) is 3.97. The van der Waals surface area contributed by atoms with Crippen LogP contribution < -0.4 is 5.32 Å². The number of amides is 1. The van der Waals surface area contributed by atoms with Gasteiger partial charge in [-0.1, -0.05) is 0 Å². The molecule has 0 aliphatic heterocycles. The van der Waals surface area contributed by atoms with E-state index in [-0.39, 0.29) is 17.0 Å². The molecule has 146 valence electrons. The number of pyridine rings is 1.